The zero-order valence-electron chi connectivity index (χ0n) is 14.0. The van der Waals surface area contributed by atoms with Crippen LogP contribution in [-0.2, 0) is 21.6 Å². The second-order valence-electron chi connectivity index (χ2n) is 6.30. The summed E-state index contributed by atoms with van der Waals surface area (Å²) in [7, 11) is 1.57. The van der Waals surface area contributed by atoms with Crippen molar-refractivity contribution in [2.45, 2.75) is 39.3 Å². The summed E-state index contributed by atoms with van der Waals surface area (Å²) in [5.74, 6) is -0.126. The van der Waals surface area contributed by atoms with Gasteiger partial charge in [0, 0.05) is 26.6 Å². The van der Waals surface area contributed by atoms with Gasteiger partial charge in [-0.05, 0) is 20.8 Å². The van der Waals surface area contributed by atoms with Crippen molar-refractivity contribution in [1.82, 2.24) is 24.6 Å². The Bertz CT molecular complexity index is 742. The molecule has 0 saturated carbocycles. The molecule has 0 spiro atoms. The lowest BCUT2D eigenvalue weighted by Crippen LogP contribution is -2.30. The summed E-state index contributed by atoms with van der Waals surface area (Å²) in [6.45, 7) is 7.19. The Balaban J connectivity index is 2.13. The van der Waals surface area contributed by atoms with Crippen molar-refractivity contribution < 1.29 is 9.53 Å². The quantitative estimate of drug-likeness (QED) is 0.782. The average Bonchev–Trinajstić information content (AvgIpc) is 2.91. The SMILES string of the molecule is COCCNC(=O)CCn1cnc2c(cnn2C(C)(C)C)c1=O. The third kappa shape index (κ3) is 3.95. The van der Waals surface area contributed by atoms with E-state index in [0.29, 0.717) is 24.2 Å². The Morgan fingerprint density at radius 3 is 2.78 bits per heavy atom. The fraction of sp³-hybridized carbons (Fsp3) is 0.600. The minimum atomic E-state index is -0.255. The molecule has 2 aromatic rings. The molecule has 0 radical (unpaired) electrons. The van der Waals surface area contributed by atoms with Gasteiger partial charge in [-0.15, -0.1) is 0 Å². The maximum atomic E-state index is 12.5. The molecule has 0 fully saturated rings. The molecule has 0 aliphatic carbocycles. The molecule has 0 aromatic carbocycles. The predicted molar refractivity (Wildman–Crippen MR) is 86.3 cm³/mol. The summed E-state index contributed by atoms with van der Waals surface area (Å²) in [6, 6.07) is 0. The van der Waals surface area contributed by atoms with Gasteiger partial charge in [-0.2, -0.15) is 5.10 Å². The molecule has 0 aliphatic heterocycles. The lowest BCUT2D eigenvalue weighted by Gasteiger charge is -2.19. The van der Waals surface area contributed by atoms with Crippen LogP contribution < -0.4 is 10.9 Å². The molecule has 0 unspecified atom stereocenters. The number of carbonyl (C=O) groups excluding carboxylic acids is 1. The Kier molecular flexibility index (Phi) is 5.15. The number of nitrogens with one attached hydrogen (secondary N) is 1. The normalized spacial score (nSPS) is 11.8. The van der Waals surface area contributed by atoms with Gasteiger partial charge in [-0.1, -0.05) is 0 Å². The van der Waals surface area contributed by atoms with Crippen LogP contribution in [0.3, 0.4) is 0 Å². The van der Waals surface area contributed by atoms with E-state index in [4.69, 9.17) is 4.74 Å². The topological polar surface area (TPSA) is 91.0 Å². The van der Waals surface area contributed by atoms with Gasteiger partial charge < -0.3 is 10.1 Å². The molecular weight excluding hydrogens is 298 g/mol. The zero-order valence-corrected chi connectivity index (χ0v) is 14.0. The number of rotatable bonds is 6. The van der Waals surface area contributed by atoms with Crippen molar-refractivity contribution in [3.63, 3.8) is 0 Å². The number of amides is 1. The van der Waals surface area contributed by atoms with Crippen LogP contribution in [0.2, 0.25) is 0 Å². The van der Waals surface area contributed by atoms with Gasteiger partial charge in [0.25, 0.3) is 5.56 Å². The number of hydrogen-bond donors (Lipinski definition) is 1. The standard InChI is InChI=1S/C15H23N5O3/c1-15(2,3)20-13-11(9-18-20)14(22)19(10-17-13)7-5-12(21)16-6-8-23-4/h9-10H,5-8H2,1-4H3,(H,16,21). The van der Waals surface area contributed by atoms with Gasteiger partial charge in [-0.25, -0.2) is 9.67 Å². The summed E-state index contributed by atoms with van der Waals surface area (Å²) in [5, 5.41) is 7.44. The van der Waals surface area contributed by atoms with Crippen LogP contribution in [0.5, 0.6) is 0 Å². The Morgan fingerprint density at radius 2 is 2.13 bits per heavy atom. The maximum absolute atomic E-state index is 12.5. The van der Waals surface area contributed by atoms with Crippen molar-refractivity contribution in [2.24, 2.45) is 0 Å². The van der Waals surface area contributed by atoms with Crippen LogP contribution in [0.25, 0.3) is 11.0 Å². The first-order chi connectivity index (χ1) is 10.8. The first-order valence-electron chi connectivity index (χ1n) is 7.54. The summed E-state index contributed by atoms with van der Waals surface area (Å²) in [5.41, 5.74) is 0.118. The number of aryl methyl sites for hydroxylation is 1. The minimum Gasteiger partial charge on any atom is -0.383 e. The lowest BCUT2D eigenvalue weighted by atomic mass is 10.1. The molecular formula is C15H23N5O3. The first kappa shape index (κ1) is 17.1. The zero-order chi connectivity index (χ0) is 17.0. The second kappa shape index (κ2) is 6.91. The minimum absolute atomic E-state index is 0.126. The van der Waals surface area contributed by atoms with Crippen LogP contribution in [-0.4, -0.2) is 45.5 Å². The van der Waals surface area contributed by atoms with Crippen molar-refractivity contribution in [3.05, 3.63) is 22.9 Å². The summed E-state index contributed by atoms with van der Waals surface area (Å²) >= 11 is 0. The van der Waals surface area contributed by atoms with Crippen LogP contribution in [0.1, 0.15) is 27.2 Å². The molecule has 126 valence electrons. The largest absolute Gasteiger partial charge is 0.383 e. The monoisotopic (exact) mass is 321 g/mol. The second-order valence-corrected chi connectivity index (χ2v) is 6.30. The lowest BCUT2D eigenvalue weighted by molar-refractivity contribution is -0.121. The van der Waals surface area contributed by atoms with Gasteiger partial charge in [0.05, 0.1) is 24.7 Å². The molecule has 2 rings (SSSR count). The molecule has 23 heavy (non-hydrogen) atoms. The number of nitrogens with zero attached hydrogens (tertiary/aromatic N) is 4. The van der Waals surface area contributed by atoms with Crippen molar-refractivity contribution in [3.8, 4) is 0 Å². The van der Waals surface area contributed by atoms with Gasteiger partial charge in [-0.3, -0.25) is 14.2 Å². The highest BCUT2D eigenvalue weighted by Crippen LogP contribution is 2.17. The van der Waals surface area contributed by atoms with Gasteiger partial charge >= 0.3 is 0 Å². The maximum Gasteiger partial charge on any atom is 0.264 e. The molecule has 0 atom stereocenters. The smallest absolute Gasteiger partial charge is 0.264 e. The van der Waals surface area contributed by atoms with E-state index in [-0.39, 0.29) is 30.0 Å². The van der Waals surface area contributed by atoms with Gasteiger partial charge in [0.1, 0.15) is 5.39 Å². The molecule has 0 saturated heterocycles. The fourth-order valence-electron chi connectivity index (χ4n) is 2.20. The van der Waals surface area contributed by atoms with E-state index in [1.165, 1.54) is 17.1 Å². The highest BCUT2D eigenvalue weighted by molar-refractivity contribution is 5.76. The van der Waals surface area contributed by atoms with E-state index >= 15 is 0 Å². The van der Waals surface area contributed by atoms with Crippen LogP contribution in [0.15, 0.2) is 17.3 Å². The van der Waals surface area contributed by atoms with E-state index in [1.807, 2.05) is 20.8 Å². The summed E-state index contributed by atoms with van der Waals surface area (Å²) in [6.07, 6.45) is 3.21. The number of aromatic nitrogens is 4. The number of carbonyl (C=O) groups is 1. The number of hydrogen-bond acceptors (Lipinski definition) is 5. The fourth-order valence-corrected chi connectivity index (χ4v) is 2.20. The first-order valence-corrected chi connectivity index (χ1v) is 7.54. The Morgan fingerprint density at radius 1 is 1.39 bits per heavy atom. The summed E-state index contributed by atoms with van der Waals surface area (Å²) < 4.78 is 8.03. The van der Waals surface area contributed by atoms with E-state index in [2.05, 4.69) is 15.4 Å². The third-order valence-corrected chi connectivity index (χ3v) is 3.40. The number of methoxy groups -OCH3 is 1. The molecule has 2 heterocycles. The van der Waals surface area contributed by atoms with Crippen LogP contribution >= 0.6 is 0 Å². The summed E-state index contributed by atoms with van der Waals surface area (Å²) in [4.78, 5) is 28.5. The van der Waals surface area contributed by atoms with Crippen molar-refractivity contribution in [2.75, 3.05) is 20.3 Å². The average molecular weight is 321 g/mol. The van der Waals surface area contributed by atoms with E-state index < -0.39 is 0 Å². The molecule has 1 N–H and O–H groups in total. The molecule has 1 amide bonds. The van der Waals surface area contributed by atoms with Crippen LogP contribution in [0.4, 0.5) is 0 Å². The van der Waals surface area contributed by atoms with E-state index in [1.54, 1.807) is 11.8 Å². The molecule has 8 nitrogen and oxygen atoms in total. The molecule has 0 bridgehead atoms. The van der Waals surface area contributed by atoms with Crippen molar-refractivity contribution >= 4 is 16.9 Å². The van der Waals surface area contributed by atoms with E-state index in [9.17, 15) is 9.59 Å². The Hall–Kier alpha value is -2.22. The van der Waals surface area contributed by atoms with Crippen molar-refractivity contribution in [1.29, 1.82) is 0 Å². The molecule has 8 heteroatoms. The predicted octanol–water partition coefficient (Wildman–Crippen LogP) is 0.501. The number of ether oxygens (including phenoxy) is 1. The molecule has 0 aliphatic rings. The Labute approximate surface area is 134 Å². The highest BCUT2D eigenvalue weighted by atomic mass is 16.5. The molecule has 2 aromatic heterocycles. The number of fused-ring (bicyclic) bond motifs is 1. The van der Waals surface area contributed by atoms with Gasteiger partial charge in [0.15, 0.2) is 5.65 Å². The van der Waals surface area contributed by atoms with Gasteiger partial charge in [0.2, 0.25) is 5.91 Å². The highest BCUT2D eigenvalue weighted by Gasteiger charge is 2.19. The van der Waals surface area contributed by atoms with E-state index in [0.717, 1.165) is 0 Å². The third-order valence-electron chi connectivity index (χ3n) is 3.40. The van der Waals surface area contributed by atoms with Crippen LogP contribution in [0, 0.1) is 0 Å².